The molecule has 2 saturated heterocycles. The number of ether oxygens (including phenoxy) is 10. The first-order valence-corrected chi connectivity index (χ1v) is 30.1. The Balaban J connectivity index is 1.24. The monoisotopic (exact) mass is 1230 g/mol. The number of nitrogens with zero attached hydrogens (tertiary/aromatic N) is 1. The van der Waals surface area contributed by atoms with Gasteiger partial charge in [0.1, 0.15) is 25.4 Å². The SMILES string of the molecule is C[N+](C)(C)CCOP(=O)([O-])OC[C@H]1O[C@@H](OC[C@H]2O[C@@H](OCCCCCCN)[C@H](OC(=O)c3ccccc3)[C@@H](OC(=O)c3ccccc3)[C@H]2OC(=O)c2ccccc2)[C@H](OC(=O)c2ccccc2)[C@@H](OC(=O)c2ccccc2)[C@H]1OC(=O)c1ccccc1. The van der Waals surface area contributed by atoms with E-state index < -0.39 is 118 Å². The van der Waals surface area contributed by atoms with Crippen LogP contribution in [0.15, 0.2) is 182 Å². The Bertz CT molecular complexity index is 3240. The molecule has 2 N–H and O–H groups in total. The molecule has 1 unspecified atom stereocenters. The molecule has 2 heterocycles. The fourth-order valence-corrected chi connectivity index (χ4v) is 10.0. The molecular weight excluding hydrogens is 1160 g/mol. The highest BCUT2D eigenvalue weighted by Gasteiger charge is 2.57. The van der Waals surface area contributed by atoms with E-state index in [0.29, 0.717) is 23.9 Å². The molecule has 466 valence electrons. The summed E-state index contributed by atoms with van der Waals surface area (Å²) in [5, 5.41) is 0. The topological polar surface area (TPSA) is 279 Å². The number of quaternary nitrogens is 1. The Hall–Kier alpha value is -7.99. The van der Waals surface area contributed by atoms with Crippen LogP contribution in [0.2, 0.25) is 0 Å². The van der Waals surface area contributed by atoms with Crippen molar-refractivity contribution in [2.75, 3.05) is 60.7 Å². The van der Waals surface area contributed by atoms with Crippen LogP contribution < -0.4 is 10.6 Å². The van der Waals surface area contributed by atoms with E-state index >= 15 is 0 Å². The number of phosphoric ester groups is 1. The molecule has 0 saturated carbocycles. The molecule has 88 heavy (non-hydrogen) atoms. The van der Waals surface area contributed by atoms with Crippen molar-refractivity contribution >= 4 is 43.6 Å². The molecule has 0 bridgehead atoms. The maximum atomic E-state index is 14.5. The number of rotatable bonds is 29. The minimum Gasteiger partial charge on any atom is -0.756 e. The second-order valence-corrected chi connectivity index (χ2v) is 22.9. The summed E-state index contributed by atoms with van der Waals surface area (Å²) >= 11 is 0. The summed E-state index contributed by atoms with van der Waals surface area (Å²) in [5.74, 6) is -5.80. The van der Waals surface area contributed by atoms with Gasteiger partial charge in [0.15, 0.2) is 49.2 Å². The molecule has 2 fully saturated rings. The maximum Gasteiger partial charge on any atom is 0.338 e. The van der Waals surface area contributed by atoms with E-state index in [2.05, 4.69) is 0 Å². The molecule has 6 aromatic carbocycles. The molecule has 11 atom stereocenters. The Morgan fingerprint density at radius 2 is 0.716 bits per heavy atom. The molecule has 0 amide bonds. The summed E-state index contributed by atoms with van der Waals surface area (Å²) in [4.78, 5) is 99.8. The molecule has 2 aliphatic rings. The summed E-state index contributed by atoms with van der Waals surface area (Å²) in [6, 6.07) is 46.6. The molecule has 0 spiro atoms. The van der Waals surface area contributed by atoms with Gasteiger partial charge >= 0.3 is 35.8 Å². The number of hydrogen-bond donors (Lipinski definition) is 1. The molecule has 23 heteroatoms. The van der Waals surface area contributed by atoms with Crippen LogP contribution in [0.5, 0.6) is 0 Å². The van der Waals surface area contributed by atoms with Crippen LogP contribution in [-0.2, 0) is 61.0 Å². The number of benzene rings is 6. The lowest BCUT2D eigenvalue weighted by atomic mass is 9.96. The molecule has 2 aliphatic heterocycles. The number of hydrogen-bond acceptors (Lipinski definition) is 21. The van der Waals surface area contributed by atoms with E-state index in [9.17, 15) is 38.2 Å². The standard InChI is InChI=1S/C65H71N2O20P/c1-67(2,3)39-41-78-88(74,75)79-43-51-53(83-59(69)45-28-14-7-15-29-45)55(85-61(71)47-32-18-9-19-33-47)57(87-63(73)49-36-22-11-23-37-49)65(81-51)77-42-50-52(82-58(68)44-26-12-6-13-27-44)54(84-60(70)46-30-16-8-17-31-46)56(86-62(72)48-34-20-10-21-35-48)64(80-50)76-40-25-5-4-24-38-66/h6-23,26-37,50-57,64-65H,4-5,24-25,38-43,66H2,1-3H3/t50-,51-,52+,53+,54+,55+,56-,57-,64-,65-/m1/s1. The number of likely N-dealkylation sites (N-methyl/N-ethyl adjacent to an activating group) is 1. The van der Waals surface area contributed by atoms with Crippen molar-refractivity contribution in [1.29, 1.82) is 0 Å². The zero-order valence-electron chi connectivity index (χ0n) is 48.8. The third kappa shape index (κ3) is 19.3. The van der Waals surface area contributed by atoms with Gasteiger partial charge in [0, 0.05) is 6.61 Å². The highest BCUT2D eigenvalue weighted by atomic mass is 31.2. The predicted octanol–water partition coefficient (Wildman–Crippen LogP) is 7.55. The average molecular weight is 1230 g/mol. The van der Waals surface area contributed by atoms with Gasteiger partial charge in [-0.25, -0.2) is 28.8 Å². The van der Waals surface area contributed by atoms with Crippen LogP contribution in [0.3, 0.4) is 0 Å². The molecule has 0 aliphatic carbocycles. The first-order valence-electron chi connectivity index (χ1n) is 28.7. The van der Waals surface area contributed by atoms with E-state index in [1.165, 1.54) is 72.8 Å². The molecule has 6 aromatic rings. The Morgan fingerprint density at radius 3 is 1.06 bits per heavy atom. The lowest BCUT2D eigenvalue weighted by molar-refractivity contribution is -0.870. The molecule has 22 nitrogen and oxygen atoms in total. The predicted molar refractivity (Wildman–Crippen MR) is 313 cm³/mol. The summed E-state index contributed by atoms with van der Waals surface area (Å²) in [7, 11) is 0.245. The number of carbonyl (C=O) groups excluding carboxylic acids is 6. The van der Waals surface area contributed by atoms with E-state index in [1.54, 1.807) is 109 Å². The molecule has 8 rings (SSSR count). The van der Waals surface area contributed by atoms with Gasteiger partial charge in [-0.05, 0) is 92.2 Å². The quantitative estimate of drug-likeness (QED) is 0.0156. The normalized spacial score (nSPS) is 22.4. The number of esters is 6. The lowest BCUT2D eigenvalue weighted by Crippen LogP contribution is -2.65. The molecule has 0 aromatic heterocycles. The third-order valence-corrected chi connectivity index (χ3v) is 14.9. The lowest BCUT2D eigenvalue weighted by Gasteiger charge is -2.46. The van der Waals surface area contributed by atoms with Crippen LogP contribution in [0.25, 0.3) is 0 Å². The van der Waals surface area contributed by atoms with Crippen LogP contribution in [0, 0.1) is 0 Å². The third-order valence-electron chi connectivity index (χ3n) is 13.9. The van der Waals surface area contributed by atoms with Crippen molar-refractivity contribution in [3.05, 3.63) is 215 Å². The van der Waals surface area contributed by atoms with E-state index in [0.717, 1.165) is 12.8 Å². The summed E-state index contributed by atoms with van der Waals surface area (Å²) in [6.45, 7) is -1.37. The first kappa shape index (κ1) is 66.0. The van der Waals surface area contributed by atoms with Crippen LogP contribution in [0.4, 0.5) is 0 Å². The van der Waals surface area contributed by atoms with E-state index in [4.69, 9.17) is 62.1 Å². The van der Waals surface area contributed by atoms with Crippen molar-refractivity contribution in [2.45, 2.75) is 87.1 Å². The van der Waals surface area contributed by atoms with Crippen LogP contribution >= 0.6 is 7.82 Å². The highest BCUT2D eigenvalue weighted by molar-refractivity contribution is 7.45. The summed E-state index contributed by atoms with van der Waals surface area (Å²) in [6.07, 6.45) is -15.3. The smallest absolute Gasteiger partial charge is 0.338 e. The van der Waals surface area contributed by atoms with Crippen LogP contribution in [-0.4, -0.2) is 162 Å². The zero-order valence-corrected chi connectivity index (χ0v) is 49.7. The number of unbranched alkanes of at least 4 members (excludes halogenated alkanes) is 3. The zero-order chi connectivity index (χ0) is 62.5. The van der Waals surface area contributed by atoms with Gasteiger partial charge in [-0.2, -0.15) is 0 Å². The minimum atomic E-state index is -5.22. The van der Waals surface area contributed by atoms with E-state index in [-0.39, 0.29) is 53.1 Å². The summed E-state index contributed by atoms with van der Waals surface area (Å²) in [5.41, 5.74) is 6.00. The number of phosphoric acid groups is 1. The highest BCUT2D eigenvalue weighted by Crippen LogP contribution is 2.41. The van der Waals surface area contributed by atoms with Gasteiger partial charge in [0.25, 0.3) is 7.82 Å². The number of carbonyl (C=O) groups is 6. The summed E-state index contributed by atoms with van der Waals surface area (Å²) < 4.78 is 88.4. The van der Waals surface area contributed by atoms with Gasteiger partial charge in [-0.3, -0.25) is 4.57 Å². The molecule has 0 radical (unpaired) electrons. The Morgan fingerprint density at radius 1 is 0.409 bits per heavy atom. The van der Waals surface area contributed by atoms with Crippen molar-refractivity contribution < 1.29 is 99.1 Å². The fourth-order valence-electron chi connectivity index (χ4n) is 9.31. The van der Waals surface area contributed by atoms with Crippen molar-refractivity contribution in [2.24, 2.45) is 5.73 Å². The van der Waals surface area contributed by atoms with E-state index in [1.807, 2.05) is 21.1 Å². The fraction of sp³-hybridized carbons (Fsp3) is 0.354. The van der Waals surface area contributed by atoms with Gasteiger partial charge in [-0.15, -0.1) is 0 Å². The second-order valence-electron chi connectivity index (χ2n) is 21.5. The van der Waals surface area contributed by atoms with Crippen molar-refractivity contribution in [3.63, 3.8) is 0 Å². The van der Waals surface area contributed by atoms with Gasteiger partial charge in [-0.1, -0.05) is 122 Å². The van der Waals surface area contributed by atoms with Gasteiger partial charge < -0.3 is 71.5 Å². The van der Waals surface area contributed by atoms with Gasteiger partial charge in [0.2, 0.25) is 0 Å². The van der Waals surface area contributed by atoms with Crippen molar-refractivity contribution in [3.8, 4) is 0 Å². The largest absolute Gasteiger partial charge is 0.756 e. The Labute approximate surface area is 509 Å². The number of nitrogens with two attached hydrogens (primary N) is 1. The van der Waals surface area contributed by atoms with Crippen molar-refractivity contribution in [1.82, 2.24) is 0 Å². The first-order chi connectivity index (χ1) is 42.5. The Kier molecular flexibility index (Phi) is 24.2. The van der Waals surface area contributed by atoms with Gasteiger partial charge in [0.05, 0.1) is 67.7 Å². The van der Waals surface area contributed by atoms with Crippen LogP contribution in [0.1, 0.15) is 87.8 Å². The second kappa shape index (κ2) is 32.3. The molecular formula is C65H71N2O20P. The maximum absolute atomic E-state index is 14.5. The minimum absolute atomic E-state index is 0.00111. The average Bonchev–Trinajstić information content (AvgIpc) is 2.41.